The highest BCUT2D eigenvalue weighted by Gasteiger charge is 2.34. The van der Waals surface area contributed by atoms with E-state index in [0.29, 0.717) is 18.5 Å². The second-order valence-electron chi connectivity index (χ2n) is 4.96. The minimum atomic E-state index is -0.811. The molecule has 2 saturated heterocycles. The molecule has 6 heteroatoms. The molecule has 2 aliphatic rings. The van der Waals surface area contributed by atoms with Crippen molar-refractivity contribution in [3.63, 3.8) is 0 Å². The first kappa shape index (κ1) is 11.8. The van der Waals surface area contributed by atoms with Crippen LogP contribution < -0.4 is 5.56 Å². The summed E-state index contributed by atoms with van der Waals surface area (Å²) in [6.07, 6.45) is 2.10. The van der Waals surface area contributed by atoms with Gasteiger partial charge >= 0.3 is 0 Å². The minimum Gasteiger partial charge on any atom is -0.367 e. The lowest BCUT2D eigenvalue weighted by Crippen LogP contribution is -2.43. The molecule has 2 aliphatic heterocycles. The Hall–Kier alpha value is -1.27. The number of nitrogens with one attached hydrogen (secondary N) is 1. The minimum absolute atomic E-state index is 0.126. The largest absolute Gasteiger partial charge is 0.367 e. The molecule has 3 rings (SSSR count). The van der Waals surface area contributed by atoms with E-state index >= 15 is 0 Å². The van der Waals surface area contributed by atoms with Gasteiger partial charge in [0.05, 0.1) is 12.3 Å². The number of rotatable bonds is 1. The zero-order valence-corrected chi connectivity index (χ0v) is 10.3. The molecule has 18 heavy (non-hydrogen) atoms. The maximum absolute atomic E-state index is 13.2. The first-order chi connectivity index (χ1) is 8.65. The van der Waals surface area contributed by atoms with Crippen molar-refractivity contribution in [2.24, 2.45) is 0 Å². The van der Waals surface area contributed by atoms with Crippen LogP contribution in [0.1, 0.15) is 30.5 Å². The number of aromatic amines is 1. The van der Waals surface area contributed by atoms with Crippen molar-refractivity contribution in [1.29, 1.82) is 0 Å². The third-order valence-corrected chi connectivity index (χ3v) is 3.74. The number of morpholine rings is 1. The van der Waals surface area contributed by atoms with E-state index < -0.39 is 11.4 Å². The predicted octanol–water partition coefficient (Wildman–Crippen LogP) is 0.753. The number of aromatic nitrogens is 2. The van der Waals surface area contributed by atoms with Gasteiger partial charge in [-0.1, -0.05) is 0 Å². The van der Waals surface area contributed by atoms with Crippen LogP contribution in [0.4, 0.5) is 4.39 Å². The van der Waals surface area contributed by atoms with Gasteiger partial charge in [0, 0.05) is 12.6 Å². The van der Waals surface area contributed by atoms with Gasteiger partial charge in [0.15, 0.2) is 0 Å². The lowest BCUT2D eigenvalue weighted by atomic mass is 10.2. The molecule has 0 aliphatic carbocycles. The van der Waals surface area contributed by atoms with Crippen LogP contribution in [0, 0.1) is 12.7 Å². The van der Waals surface area contributed by atoms with E-state index in [1.54, 1.807) is 0 Å². The Labute approximate surface area is 104 Å². The van der Waals surface area contributed by atoms with Crippen LogP contribution in [0.25, 0.3) is 0 Å². The summed E-state index contributed by atoms with van der Waals surface area (Å²) >= 11 is 0. The molecule has 0 amide bonds. The molecule has 0 saturated carbocycles. The topological polar surface area (TPSA) is 58.2 Å². The van der Waals surface area contributed by atoms with Crippen LogP contribution in [0.2, 0.25) is 0 Å². The van der Waals surface area contributed by atoms with Crippen LogP contribution >= 0.6 is 0 Å². The average molecular weight is 253 g/mol. The molecule has 2 atom stereocenters. The van der Waals surface area contributed by atoms with Crippen molar-refractivity contribution in [1.82, 2.24) is 14.9 Å². The van der Waals surface area contributed by atoms with Gasteiger partial charge in [-0.05, 0) is 26.3 Å². The molecule has 2 unspecified atom stereocenters. The quantitative estimate of drug-likeness (QED) is 0.802. The van der Waals surface area contributed by atoms with Crippen LogP contribution in [0.3, 0.4) is 0 Å². The number of H-pyrrole nitrogens is 1. The molecule has 0 radical (unpaired) electrons. The fourth-order valence-electron chi connectivity index (χ4n) is 2.73. The highest BCUT2D eigenvalue weighted by Crippen LogP contribution is 2.28. The first-order valence-corrected chi connectivity index (χ1v) is 6.27. The van der Waals surface area contributed by atoms with Crippen LogP contribution in [0.5, 0.6) is 0 Å². The molecular formula is C12H16FN3O2. The monoisotopic (exact) mass is 253 g/mol. The van der Waals surface area contributed by atoms with Gasteiger partial charge in [-0.2, -0.15) is 4.39 Å². The summed E-state index contributed by atoms with van der Waals surface area (Å²) in [6, 6.07) is 0.495. The lowest BCUT2D eigenvalue weighted by Gasteiger charge is -2.34. The zero-order chi connectivity index (χ0) is 12.7. The molecule has 2 fully saturated rings. The van der Waals surface area contributed by atoms with Crippen molar-refractivity contribution in [2.75, 3.05) is 19.7 Å². The first-order valence-electron chi connectivity index (χ1n) is 6.27. The summed E-state index contributed by atoms with van der Waals surface area (Å²) in [5.74, 6) is -0.377. The molecule has 1 aromatic heterocycles. The van der Waals surface area contributed by atoms with Crippen molar-refractivity contribution in [3.05, 3.63) is 27.7 Å². The van der Waals surface area contributed by atoms with Crippen LogP contribution in [0.15, 0.2) is 4.79 Å². The van der Waals surface area contributed by atoms with Crippen molar-refractivity contribution in [3.8, 4) is 0 Å². The Bertz CT molecular complexity index is 517. The second-order valence-corrected chi connectivity index (χ2v) is 4.96. The smallest absolute Gasteiger partial charge is 0.287 e. The Kier molecular flexibility index (Phi) is 2.91. The van der Waals surface area contributed by atoms with Crippen LogP contribution in [-0.4, -0.2) is 40.6 Å². The van der Waals surface area contributed by atoms with E-state index in [-0.39, 0.29) is 11.8 Å². The maximum atomic E-state index is 13.2. The average Bonchev–Trinajstić information content (AvgIpc) is 2.82. The molecule has 3 heterocycles. The van der Waals surface area contributed by atoms with E-state index in [4.69, 9.17) is 4.74 Å². The molecule has 0 bridgehead atoms. The highest BCUT2D eigenvalue weighted by atomic mass is 19.1. The standard InChI is InChI=1S/C12H16FN3O2/c1-7-10(13)12(17)15-11(14-7)9-5-16-4-2-3-8(16)6-18-9/h8-9H,2-6H2,1H3,(H,14,15,17). The number of nitrogens with zero attached hydrogens (tertiary/aromatic N) is 2. The number of hydrogen-bond donors (Lipinski definition) is 1. The normalized spacial score (nSPS) is 28.3. The number of hydrogen-bond acceptors (Lipinski definition) is 4. The molecule has 5 nitrogen and oxygen atoms in total. The molecule has 1 N–H and O–H groups in total. The summed E-state index contributed by atoms with van der Waals surface area (Å²) in [5, 5.41) is 0. The summed E-state index contributed by atoms with van der Waals surface area (Å²) in [4.78, 5) is 20.3. The van der Waals surface area contributed by atoms with E-state index in [9.17, 15) is 9.18 Å². The molecular weight excluding hydrogens is 237 g/mol. The highest BCUT2D eigenvalue weighted by molar-refractivity contribution is 5.06. The summed E-state index contributed by atoms with van der Waals surface area (Å²) in [6.45, 7) is 3.94. The van der Waals surface area contributed by atoms with Gasteiger partial charge in [0.1, 0.15) is 11.9 Å². The molecule has 98 valence electrons. The zero-order valence-electron chi connectivity index (χ0n) is 10.3. The maximum Gasteiger partial charge on any atom is 0.287 e. The fraction of sp³-hybridized carbons (Fsp3) is 0.667. The molecule has 1 aromatic rings. The van der Waals surface area contributed by atoms with E-state index in [0.717, 1.165) is 13.1 Å². The molecule has 0 aromatic carbocycles. The van der Waals surface area contributed by atoms with Gasteiger partial charge in [0.2, 0.25) is 5.82 Å². The van der Waals surface area contributed by atoms with E-state index in [1.165, 1.54) is 19.8 Å². The Morgan fingerprint density at radius 3 is 3.17 bits per heavy atom. The Balaban J connectivity index is 1.85. The van der Waals surface area contributed by atoms with Crippen LogP contribution in [-0.2, 0) is 4.74 Å². The Morgan fingerprint density at radius 2 is 2.39 bits per heavy atom. The van der Waals surface area contributed by atoms with Gasteiger partial charge in [0.25, 0.3) is 5.56 Å². The van der Waals surface area contributed by atoms with E-state index in [1.807, 2.05) is 0 Å². The number of fused-ring (bicyclic) bond motifs is 1. The number of aryl methyl sites for hydroxylation is 1. The SMILES string of the molecule is Cc1nc(C2CN3CCCC3CO2)[nH]c(=O)c1F. The van der Waals surface area contributed by atoms with Gasteiger partial charge < -0.3 is 9.72 Å². The summed E-state index contributed by atoms with van der Waals surface area (Å²) in [7, 11) is 0. The third kappa shape index (κ3) is 1.95. The van der Waals surface area contributed by atoms with Crippen molar-refractivity contribution >= 4 is 0 Å². The van der Waals surface area contributed by atoms with Gasteiger partial charge in [-0.15, -0.1) is 0 Å². The van der Waals surface area contributed by atoms with Crippen molar-refractivity contribution in [2.45, 2.75) is 31.9 Å². The predicted molar refractivity (Wildman–Crippen MR) is 62.8 cm³/mol. The Morgan fingerprint density at radius 1 is 1.56 bits per heavy atom. The van der Waals surface area contributed by atoms with Gasteiger partial charge in [-0.3, -0.25) is 9.69 Å². The third-order valence-electron chi connectivity index (χ3n) is 3.74. The number of ether oxygens (including phenoxy) is 1. The fourth-order valence-corrected chi connectivity index (χ4v) is 2.73. The molecule has 0 spiro atoms. The number of halogens is 1. The second kappa shape index (κ2) is 4.44. The van der Waals surface area contributed by atoms with E-state index in [2.05, 4.69) is 14.9 Å². The van der Waals surface area contributed by atoms with Gasteiger partial charge in [-0.25, -0.2) is 4.98 Å². The summed E-state index contributed by atoms with van der Waals surface area (Å²) < 4.78 is 19.0. The summed E-state index contributed by atoms with van der Waals surface area (Å²) in [5.41, 5.74) is -0.592. The van der Waals surface area contributed by atoms with Crippen molar-refractivity contribution < 1.29 is 9.13 Å². The lowest BCUT2D eigenvalue weighted by molar-refractivity contribution is -0.0543.